The number of rotatable bonds is 5. The van der Waals surface area contributed by atoms with Crippen LogP contribution in [0, 0.1) is 15.5 Å². The molecule has 0 aliphatic carbocycles. The Morgan fingerprint density at radius 2 is 1.48 bits per heavy atom. The molecule has 0 radical (unpaired) electrons. The lowest BCUT2D eigenvalue weighted by molar-refractivity contribution is -0.384. The molecule has 33 heavy (non-hydrogen) atoms. The predicted molar refractivity (Wildman–Crippen MR) is 127 cm³/mol. The number of non-ortho nitro benzene ring substituents is 1. The molecule has 0 unspecified atom stereocenters. The van der Waals surface area contributed by atoms with Gasteiger partial charge in [0, 0.05) is 34.4 Å². The minimum atomic E-state index is -0.667. The highest BCUT2D eigenvalue weighted by Gasteiger charge is 2.26. The van der Waals surface area contributed by atoms with Crippen molar-refractivity contribution in [2.75, 3.05) is 0 Å². The molecule has 6 nitrogen and oxygen atoms in total. The number of carbonyl (C=O) groups excluding carboxylic acids is 1. The quantitative estimate of drug-likeness (QED) is 0.142. The van der Waals surface area contributed by atoms with Crippen LogP contribution in [0.25, 0.3) is 33.8 Å². The fourth-order valence-electron chi connectivity index (χ4n) is 3.32. The second-order valence-corrected chi connectivity index (χ2v) is 8.66. The Bertz CT molecular complexity index is 1300. The van der Waals surface area contributed by atoms with Gasteiger partial charge in [0.15, 0.2) is 0 Å². The lowest BCUT2D eigenvalue weighted by atomic mass is 9.97. The van der Waals surface area contributed by atoms with Crippen LogP contribution in [-0.4, -0.2) is 10.9 Å². The van der Waals surface area contributed by atoms with Crippen LogP contribution in [0.3, 0.4) is 0 Å². The summed E-state index contributed by atoms with van der Waals surface area (Å²) >= 11 is 0. The Labute approximate surface area is 191 Å². The number of nitro benzene ring substituents is 1. The van der Waals surface area contributed by atoms with Crippen molar-refractivity contribution in [3.8, 4) is 39.5 Å². The van der Waals surface area contributed by atoms with E-state index in [1.165, 1.54) is 12.1 Å². The first kappa shape index (κ1) is 22.0. The van der Waals surface area contributed by atoms with E-state index in [2.05, 4.69) is 0 Å². The largest absolute Gasteiger partial charge is 0.455 e. The van der Waals surface area contributed by atoms with E-state index in [9.17, 15) is 14.9 Å². The van der Waals surface area contributed by atoms with Crippen molar-refractivity contribution in [3.63, 3.8) is 0 Å². The van der Waals surface area contributed by atoms with E-state index < -0.39 is 10.3 Å². The summed E-state index contributed by atoms with van der Waals surface area (Å²) in [6.45, 7) is 5.39. The average Bonchev–Trinajstić information content (AvgIpc) is 3.25. The molecule has 1 heterocycles. The van der Waals surface area contributed by atoms with Gasteiger partial charge in [-0.1, -0.05) is 48.5 Å². The van der Waals surface area contributed by atoms with Gasteiger partial charge in [0.2, 0.25) is 0 Å². The highest BCUT2D eigenvalue weighted by atomic mass is 16.6. The summed E-state index contributed by atoms with van der Waals surface area (Å²) in [5, 5.41) is 11.1. The summed E-state index contributed by atoms with van der Waals surface area (Å²) in [6, 6.07) is 25.0. The first-order chi connectivity index (χ1) is 15.7. The summed E-state index contributed by atoms with van der Waals surface area (Å²) in [5.74, 6) is 1.23. The minimum Gasteiger partial charge on any atom is -0.455 e. The van der Waals surface area contributed by atoms with Gasteiger partial charge in [0.1, 0.15) is 17.3 Å². The molecule has 0 spiro atoms. The number of hydrogen-bond acceptors (Lipinski definition) is 5. The zero-order chi connectivity index (χ0) is 23.6. The number of furan rings is 1. The van der Waals surface area contributed by atoms with Gasteiger partial charge in [-0.05, 0) is 45.0 Å². The van der Waals surface area contributed by atoms with Gasteiger partial charge in [0.05, 0.1) is 10.3 Å². The Kier molecular flexibility index (Phi) is 5.84. The second kappa shape index (κ2) is 8.74. The van der Waals surface area contributed by atoms with Crippen LogP contribution in [0.4, 0.5) is 5.69 Å². The van der Waals surface area contributed by atoms with Crippen molar-refractivity contribution in [3.05, 3.63) is 95.0 Å². The van der Waals surface area contributed by atoms with Crippen LogP contribution in [0.15, 0.2) is 89.3 Å². The van der Waals surface area contributed by atoms with E-state index in [1.54, 1.807) is 45.0 Å². The van der Waals surface area contributed by atoms with Crippen molar-refractivity contribution in [1.82, 2.24) is 0 Å². The fraction of sp³-hybridized carbons (Fsp3) is 0.148. The zero-order valence-corrected chi connectivity index (χ0v) is 18.6. The fourth-order valence-corrected chi connectivity index (χ4v) is 3.32. The Balaban J connectivity index is 1.87. The molecule has 6 heteroatoms. The SMILES string of the molecule is CC(C)(C)C(=O)Oc1ccccc1-c1cc(-c2ccccc2)oc1-c1ccc([N+](=O)[O-])cc1. The van der Waals surface area contributed by atoms with E-state index in [0.29, 0.717) is 28.4 Å². The molecule has 0 amide bonds. The number of carbonyl (C=O) groups is 1. The van der Waals surface area contributed by atoms with Crippen LogP contribution >= 0.6 is 0 Å². The van der Waals surface area contributed by atoms with Gasteiger partial charge in [-0.3, -0.25) is 14.9 Å². The van der Waals surface area contributed by atoms with Crippen LogP contribution in [0.2, 0.25) is 0 Å². The third-order valence-corrected chi connectivity index (χ3v) is 5.12. The molecular formula is C27H23NO5. The minimum absolute atomic E-state index is 0.00496. The maximum atomic E-state index is 12.6. The van der Waals surface area contributed by atoms with Gasteiger partial charge in [-0.2, -0.15) is 0 Å². The summed E-state index contributed by atoms with van der Waals surface area (Å²) in [6.07, 6.45) is 0. The number of nitrogens with zero attached hydrogens (tertiary/aromatic N) is 1. The number of ether oxygens (including phenoxy) is 1. The van der Waals surface area contributed by atoms with Crippen molar-refractivity contribution in [2.45, 2.75) is 20.8 Å². The second-order valence-electron chi connectivity index (χ2n) is 8.66. The molecule has 0 fully saturated rings. The Morgan fingerprint density at radius 3 is 2.12 bits per heavy atom. The third kappa shape index (κ3) is 4.70. The number of para-hydroxylation sites is 1. The first-order valence-electron chi connectivity index (χ1n) is 10.5. The first-order valence-corrected chi connectivity index (χ1v) is 10.5. The Hall–Kier alpha value is -4.19. The molecule has 0 saturated heterocycles. The molecule has 0 aliphatic heterocycles. The van der Waals surface area contributed by atoms with Gasteiger partial charge in [-0.15, -0.1) is 0 Å². The molecule has 1 aromatic heterocycles. The van der Waals surface area contributed by atoms with E-state index in [4.69, 9.17) is 9.15 Å². The highest BCUT2D eigenvalue weighted by molar-refractivity contribution is 5.88. The number of nitro groups is 1. The highest BCUT2D eigenvalue weighted by Crippen LogP contribution is 2.42. The molecule has 0 saturated carbocycles. The lowest BCUT2D eigenvalue weighted by Gasteiger charge is -2.18. The van der Waals surface area contributed by atoms with E-state index in [1.807, 2.05) is 48.5 Å². The van der Waals surface area contributed by atoms with Gasteiger partial charge in [-0.25, -0.2) is 0 Å². The Morgan fingerprint density at radius 1 is 0.848 bits per heavy atom. The van der Waals surface area contributed by atoms with Crippen LogP contribution < -0.4 is 4.74 Å². The van der Waals surface area contributed by atoms with Gasteiger partial charge < -0.3 is 9.15 Å². The molecule has 0 atom stereocenters. The molecule has 0 aliphatic rings. The third-order valence-electron chi connectivity index (χ3n) is 5.12. The molecule has 3 aromatic carbocycles. The summed E-state index contributed by atoms with van der Waals surface area (Å²) < 4.78 is 12.0. The van der Waals surface area contributed by atoms with E-state index >= 15 is 0 Å². The topological polar surface area (TPSA) is 82.6 Å². The number of hydrogen-bond donors (Lipinski definition) is 0. The predicted octanol–water partition coefficient (Wildman–Crippen LogP) is 7.14. The maximum Gasteiger partial charge on any atom is 0.316 e. The van der Waals surface area contributed by atoms with Crippen molar-refractivity contribution in [1.29, 1.82) is 0 Å². The average molecular weight is 441 g/mol. The maximum absolute atomic E-state index is 12.6. The van der Waals surface area contributed by atoms with Crippen LogP contribution in [0.5, 0.6) is 5.75 Å². The zero-order valence-electron chi connectivity index (χ0n) is 18.6. The van der Waals surface area contributed by atoms with E-state index in [-0.39, 0.29) is 11.7 Å². The molecule has 0 N–H and O–H groups in total. The number of benzene rings is 3. The summed E-state index contributed by atoms with van der Waals surface area (Å²) in [7, 11) is 0. The monoisotopic (exact) mass is 441 g/mol. The standard InChI is InChI=1S/C27H23NO5/c1-27(2,3)26(29)33-23-12-8-7-11-21(23)22-17-24(18-9-5-4-6-10-18)32-25(22)19-13-15-20(16-14-19)28(30)31/h4-17H,1-3H3. The molecule has 166 valence electrons. The van der Waals surface area contributed by atoms with E-state index in [0.717, 1.165) is 11.1 Å². The van der Waals surface area contributed by atoms with Gasteiger partial charge in [0.25, 0.3) is 5.69 Å². The normalized spacial score (nSPS) is 11.2. The van der Waals surface area contributed by atoms with Crippen LogP contribution in [-0.2, 0) is 4.79 Å². The van der Waals surface area contributed by atoms with Crippen LogP contribution in [0.1, 0.15) is 20.8 Å². The van der Waals surface area contributed by atoms with Crippen molar-refractivity contribution < 1.29 is 18.9 Å². The smallest absolute Gasteiger partial charge is 0.316 e. The summed E-state index contributed by atoms with van der Waals surface area (Å²) in [4.78, 5) is 23.2. The number of esters is 1. The van der Waals surface area contributed by atoms with Crippen molar-refractivity contribution >= 4 is 11.7 Å². The molecule has 0 bridgehead atoms. The molecule has 4 rings (SSSR count). The molecular weight excluding hydrogens is 418 g/mol. The summed E-state index contributed by atoms with van der Waals surface area (Å²) in [5.41, 5.74) is 2.30. The van der Waals surface area contributed by atoms with Gasteiger partial charge >= 0.3 is 5.97 Å². The lowest BCUT2D eigenvalue weighted by Crippen LogP contribution is -2.25. The van der Waals surface area contributed by atoms with Crippen molar-refractivity contribution in [2.24, 2.45) is 5.41 Å². The molecule has 4 aromatic rings.